The van der Waals surface area contributed by atoms with Gasteiger partial charge in [0.05, 0.1) is 29.9 Å². The number of nitrogens with zero attached hydrogens (tertiary/aromatic N) is 3. The van der Waals surface area contributed by atoms with Crippen LogP contribution in [0.1, 0.15) is 93.1 Å². The van der Waals surface area contributed by atoms with Crippen molar-refractivity contribution in [3.8, 4) is 34.4 Å². The first-order valence-corrected chi connectivity index (χ1v) is 21.9. The van der Waals surface area contributed by atoms with Crippen molar-refractivity contribution < 1.29 is 34.1 Å². The standard InChI is InChI=1S/C52H59N3O7/c1-6-30-59-52-47(55(5)50(58)38-20-18-35(34-53)19-21-38)33-45(54-62-51(2,3)4)43-31-39(16-10-12-28-56)42(17-11-13-29-57)48(49(43)52)44-32-41(26-27-46(44)61-52)60-40-24-22-37(23-25-40)36-14-8-7-9-15-36/h6-9,14-15,18-27,31-32,39,42,47-49,56-57H,1,10-13,16-17,28-30,33H2,2-5H3. The molecule has 6 atom stereocenters. The largest absolute Gasteiger partial charge is 0.459 e. The minimum absolute atomic E-state index is 0.0619. The predicted octanol–water partition coefficient (Wildman–Crippen LogP) is 10.2. The number of rotatable bonds is 17. The van der Waals surface area contributed by atoms with Gasteiger partial charge < -0.3 is 34.2 Å². The van der Waals surface area contributed by atoms with Crippen LogP contribution >= 0.6 is 0 Å². The van der Waals surface area contributed by atoms with E-state index in [9.17, 15) is 20.3 Å². The molecule has 6 unspecified atom stereocenters. The van der Waals surface area contributed by atoms with E-state index in [1.807, 2.05) is 63.2 Å². The molecule has 2 aliphatic carbocycles. The number of nitriles is 1. The number of hydrogen-bond acceptors (Lipinski definition) is 9. The number of unbranched alkanes of at least 4 members (excludes halogenated alkanes) is 2. The summed E-state index contributed by atoms with van der Waals surface area (Å²) in [6.07, 6.45) is 8.94. The Morgan fingerprint density at radius 3 is 2.27 bits per heavy atom. The molecule has 3 aliphatic rings. The minimum Gasteiger partial charge on any atom is -0.459 e. The summed E-state index contributed by atoms with van der Waals surface area (Å²) in [5.41, 5.74) is 5.16. The fourth-order valence-corrected chi connectivity index (χ4v) is 9.50. The van der Waals surface area contributed by atoms with Gasteiger partial charge in [-0.1, -0.05) is 72.6 Å². The molecule has 7 rings (SSSR count). The zero-order chi connectivity index (χ0) is 43.9. The van der Waals surface area contributed by atoms with Gasteiger partial charge in [-0.25, -0.2) is 0 Å². The van der Waals surface area contributed by atoms with E-state index in [2.05, 4.69) is 49.1 Å². The van der Waals surface area contributed by atoms with E-state index in [-0.39, 0.29) is 49.9 Å². The van der Waals surface area contributed by atoms with Crippen molar-refractivity contribution in [2.45, 2.75) is 89.1 Å². The van der Waals surface area contributed by atoms with Crippen molar-refractivity contribution in [1.82, 2.24) is 4.90 Å². The Balaban J connectivity index is 1.40. The number of ether oxygens (including phenoxy) is 3. The molecule has 4 aromatic rings. The topological polar surface area (TPSA) is 134 Å². The van der Waals surface area contributed by atoms with E-state index in [1.165, 1.54) is 0 Å². The Hall–Kier alpha value is -5.73. The number of likely N-dealkylation sites (N-methyl/N-ethyl adjacent to an activating group) is 1. The number of hydrogen-bond donors (Lipinski definition) is 2. The lowest BCUT2D eigenvalue weighted by molar-refractivity contribution is -0.252. The maximum Gasteiger partial charge on any atom is 0.254 e. The lowest BCUT2D eigenvalue weighted by Gasteiger charge is -2.59. The van der Waals surface area contributed by atoms with Crippen LogP contribution in [-0.2, 0) is 9.57 Å². The van der Waals surface area contributed by atoms with E-state index in [0.717, 1.165) is 53.7 Å². The highest BCUT2D eigenvalue weighted by molar-refractivity contribution is 6.03. The van der Waals surface area contributed by atoms with Crippen molar-refractivity contribution in [2.24, 2.45) is 22.9 Å². The van der Waals surface area contributed by atoms with Crippen LogP contribution in [0.3, 0.4) is 0 Å². The molecular formula is C52H59N3O7. The van der Waals surface area contributed by atoms with E-state index in [1.54, 1.807) is 42.3 Å². The van der Waals surface area contributed by atoms with Crippen molar-refractivity contribution in [3.63, 3.8) is 0 Å². The molecule has 0 spiro atoms. The van der Waals surface area contributed by atoms with Crippen LogP contribution in [0.2, 0.25) is 0 Å². The van der Waals surface area contributed by atoms with Gasteiger partial charge in [0.15, 0.2) is 0 Å². The molecule has 10 heteroatoms. The second-order valence-electron chi connectivity index (χ2n) is 17.6. The first kappa shape index (κ1) is 44.3. The Bertz CT molecular complexity index is 2280. The van der Waals surface area contributed by atoms with Crippen molar-refractivity contribution in [1.29, 1.82) is 5.26 Å². The molecule has 2 N–H and O–H groups in total. The molecule has 0 bridgehead atoms. The van der Waals surface area contributed by atoms with Crippen LogP contribution in [0.4, 0.5) is 0 Å². The summed E-state index contributed by atoms with van der Waals surface area (Å²) in [6, 6.07) is 32.3. The van der Waals surface area contributed by atoms with Gasteiger partial charge in [0, 0.05) is 43.7 Å². The highest BCUT2D eigenvalue weighted by atomic mass is 16.7. The fraction of sp³-hybridized carbons (Fsp3) is 0.404. The van der Waals surface area contributed by atoms with Gasteiger partial charge in [-0.05, 0) is 130 Å². The van der Waals surface area contributed by atoms with Crippen molar-refractivity contribution >= 4 is 11.6 Å². The van der Waals surface area contributed by atoms with Gasteiger partial charge in [-0.2, -0.15) is 5.26 Å². The van der Waals surface area contributed by atoms with Gasteiger partial charge in [-0.15, -0.1) is 6.58 Å². The number of aliphatic hydroxyl groups is 2. The minimum atomic E-state index is -1.39. The Labute approximate surface area is 366 Å². The number of carbonyl (C=O) groups excluding carboxylic acids is 1. The van der Waals surface area contributed by atoms with E-state index in [0.29, 0.717) is 41.2 Å². The monoisotopic (exact) mass is 837 g/mol. The normalized spacial score (nSPS) is 23.2. The smallest absolute Gasteiger partial charge is 0.254 e. The summed E-state index contributed by atoms with van der Waals surface area (Å²) >= 11 is 0. The second kappa shape index (κ2) is 19.5. The molecule has 0 aromatic heterocycles. The SMILES string of the molecule is C=CCOC12Oc3ccc(Oc4ccc(-c5ccccc5)cc4)cc3C3C(CCCCO)C(CCCCO)C=C(C(=NOC(C)(C)C)CC1N(C)C(=O)c1ccc(C#N)cc1)C32. The summed E-state index contributed by atoms with van der Waals surface area (Å²) in [5.74, 6) is -0.161. The molecule has 1 fully saturated rings. The molecule has 10 nitrogen and oxygen atoms in total. The van der Waals surface area contributed by atoms with Crippen LogP contribution in [0, 0.1) is 29.1 Å². The number of oxime groups is 1. The molecule has 0 saturated heterocycles. The zero-order valence-electron chi connectivity index (χ0n) is 36.3. The number of amides is 1. The van der Waals surface area contributed by atoms with Crippen LogP contribution in [0.15, 0.2) is 127 Å². The third-order valence-corrected chi connectivity index (χ3v) is 12.3. The molecule has 1 amide bonds. The Morgan fingerprint density at radius 2 is 1.61 bits per heavy atom. The average Bonchev–Trinajstić information content (AvgIpc) is 3.28. The number of allylic oxidation sites excluding steroid dienone is 1. The quantitative estimate of drug-likeness (QED) is 0.0610. The maximum absolute atomic E-state index is 14.6. The molecule has 4 aromatic carbocycles. The molecule has 62 heavy (non-hydrogen) atoms. The fourth-order valence-electron chi connectivity index (χ4n) is 9.50. The molecule has 324 valence electrons. The van der Waals surface area contributed by atoms with Crippen LogP contribution in [-0.4, -0.2) is 71.0 Å². The van der Waals surface area contributed by atoms with Crippen LogP contribution in [0.25, 0.3) is 11.1 Å². The lowest BCUT2D eigenvalue weighted by Crippen LogP contribution is -2.69. The van der Waals surface area contributed by atoms with Gasteiger partial charge >= 0.3 is 0 Å². The number of carbonyl (C=O) groups is 1. The van der Waals surface area contributed by atoms with Crippen LogP contribution in [0.5, 0.6) is 17.2 Å². The summed E-state index contributed by atoms with van der Waals surface area (Å²) in [5, 5.41) is 34.3. The average molecular weight is 838 g/mol. The lowest BCUT2D eigenvalue weighted by atomic mass is 9.55. The third-order valence-electron chi connectivity index (χ3n) is 12.3. The third kappa shape index (κ3) is 9.51. The Kier molecular flexibility index (Phi) is 14.0. The van der Waals surface area contributed by atoms with E-state index < -0.39 is 23.3 Å². The van der Waals surface area contributed by atoms with Gasteiger partial charge in [-0.3, -0.25) is 4.79 Å². The molecule has 1 saturated carbocycles. The number of aliphatic hydroxyl groups excluding tert-OH is 2. The summed E-state index contributed by atoms with van der Waals surface area (Å²) in [7, 11) is 1.77. The molecule has 0 radical (unpaired) electrons. The van der Waals surface area contributed by atoms with Gasteiger partial charge in [0.1, 0.15) is 28.9 Å². The zero-order valence-corrected chi connectivity index (χ0v) is 36.3. The summed E-state index contributed by atoms with van der Waals surface area (Å²) in [6.45, 7) is 10.3. The van der Waals surface area contributed by atoms with E-state index in [4.69, 9.17) is 24.2 Å². The van der Waals surface area contributed by atoms with E-state index >= 15 is 0 Å². The van der Waals surface area contributed by atoms with Gasteiger partial charge in [0.25, 0.3) is 5.91 Å². The summed E-state index contributed by atoms with van der Waals surface area (Å²) < 4.78 is 20.9. The second-order valence-corrected chi connectivity index (χ2v) is 17.6. The Morgan fingerprint density at radius 1 is 0.935 bits per heavy atom. The molecule has 1 heterocycles. The van der Waals surface area contributed by atoms with Gasteiger partial charge in [0.2, 0.25) is 5.79 Å². The predicted molar refractivity (Wildman–Crippen MR) is 241 cm³/mol. The van der Waals surface area contributed by atoms with Crippen molar-refractivity contribution in [3.05, 3.63) is 138 Å². The molecular weight excluding hydrogens is 779 g/mol. The maximum atomic E-state index is 14.6. The summed E-state index contributed by atoms with van der Waals surface area (Å²) in [4.78, 5) is 22.5. The first-order valence-electron chi connectivity index (χ1n) is 21.9. The highest BCUT2D eigenvalue weighted by Crippen LogP contribution is 2.62. The first-order chi connectivity index (χ1) is 30.0. The number of fused-ring (bicyclic) bond motifs is 2. The molecule has 1 aliphatic heterocycles. The van der Waals surface area contributed by atoms with Crippen molar-refractivity contribution in [2.75, 3.05) is 26.9 Å². The van der Waals surface area contributed by atoms with Crippen LogP contribution < -0.4 is 9.47 Å². The highest BCUT2D eigenvalue weighted by Gasteiger charge is 2.65. The number of benzene rings is 4.